The van der Waals surface area contributed by atoms with Crippen LogP contribution in [0.25, 0.3) is 0 Å². The van der Waals surface area contributed by atoms with Crippen molar-refractivity contribution in [2.45, 2.75) is 13.0 Å². The number of aliphatic hydroxyl groups excluding tert-OH is 1. The fraction of sp³-hybridized carbons (Fsp3) is 0.143. The normalized spacial score (nSPS) is 12.6. The van der Waals surface area contributed by atoms with Crippen molar-refractivity contribution in [1.82, 2.24) is 0 Å². The van der Waals surface area contributed by atoms with Crippen LogP contribution in [0.15, 0.2) is 24.3 Å². The lowest BCUT2D eigenvalue weighted by Gasteiger charge is -2.14. The van der Waals surface area contributed by atoms with Gasteiger partial charge in [0.15, 0.2) is 23.3 Å². The van der Waals surface area contributed by atoms with Crippen LogP contribution >= 0.6 is 0 Å². The average molecular weight is 288 g/mol. The van der Waals surface area contributed by atoms with Crippen LogP contribution in [0, 0.1) is 36.0 Å². The summed E-state index contributed by atoms with van der Waals surface area (Å²) in [5.74, 6) is -6.63. The Morgan fingerprint density at radius 3 is 2.05 bits per heavy atom. The van der Waals surface area contributed by atoms with Gasteiger partial charge in [0.1, 0.15) is 11.9 Å². The van der Waals surface area contributed by atoms with Gasteiger partial charge in [0.25, 0.3) is 0 Å². The first kappa shape index (κ1) is 14.5. The van der Waals surface area contributed by atoms with Gasteiger partial charge in [0, 0.05) is 17.2 Å². The summed E-state index contributed by atoms with van der Waals surface area (Å²) in [6, 6.07) is 2.89. The van der Waals surface area contributed by atoms with E-state index >= 15 is 0 Å². The Balaban J connectivity index is 2.55. The molecule has 106 valence electrons. The molecule has 6 heteroatoms. The Morgan fingerprint density at radius 1 is 0.800 bits per heavy atom. The molecule has 1 nitrogen and oxygen atoms in total. The standard InChI is InChI=1S/C14H9F5O/c1-6-2-3-7(13(19)12(6)18)14(20)8-4-10(16)11(17)5-9(8)15/h2-5,14,20H,1H3. The van der Waals surface area contributed by atoms with Crippen molar-refractivity contribution < 1.29 is 27.1 Å². The lowest BCUT2D eigenvalue weighted by Crippen LogP contribution is -2.08. The van der Waals surface area contributed by atoms with Gasteiger partial charge in [-0.3, -0.25) is 0 Å². The zero-order chi connectivity index (χ0) is 15.0. The smallest absolute Gasteiger partial charge is 0.165 e. The fourth-order valence-corrected chi connectivity index (χ4v) is 1.79. The molecular formula is C14H9F5O. The van der Waals surface area contributed by atoms with E-state index in [2.05, 4.69) is 0 Å². The van der Waals surface area contributed by atoms with E-state index in [1.165, 1.54) is 13.0 Å². The van der Waals surface area contributed by atoms with Crippen molar-refractivity contribution in [3.05, 3.63) is 70.0 Å². The molecule has 2 rings (SSSR count). The molecule has 0 spiro atoms. The number of hydrogen-bond donors (Lipinski definition) is 1. The maximum absolute atomic E-state index is 13.7. The van der Waals surface area contributed by atoms with Gasteiger partial charge in [-0.15, -0.1) is 0 Å². The molecule has 20 heavy (non-hydrogen) atoms. The first-order chi connectivity index (χ1) is 9.32. The fourth-order valence-electron chi connectivity index (χ4n) is 1.79. The maximum Gasteiger partial charge on any atom is 0.165 e. The molecule has 0 aliphatic carbocycles. The number of aliphatic hydroxyl groups is 1. The quantitative estimate of drug-likeness (QED) is 0.659. The van der Waals surface area contributed by atoms with E-state index < -0.39 is 46.3 Å². The first-order valence-electron chi connectivity index (χ1n) is 5.60. The lowest BCUT2D eigenvalue weighted by molar-refractivity contribution is 0.207. The largest absolute Gasteiger partial charge is 0.383 e. The lowest BCUT2D eigenvalue weighted by atomic mass is 9.99. The van der Waals surface area contributed by atoms with Crippen LogP contribution in [-0.2, 0) is 0 Å². The summed E-state index contributed by atoms with van der Waals surface area (Å²) in [6.07, 6.45) is -1.94. The molecule has 0 aromatic heterocycles. The third-order valence-corrected chi connectivity index (χ3v) is 2.93. The van der Waals surface area contributed by atoms with Crippen LogP contribution < -0.4 is 0 Å². The summed E-state index contributed by atoms with van der Waals surface area (Å²) in [5, 5.41) is 9.85. The van der Waals surface area contributed by atoms with Crippen LogP contribution in [0.5, 0.6) is 0 Å². The molecule has 0 heterocycles. The number of aryl methyl sites for hydroxylation is 1. The van der Waals surface area contributed by atoms with E-state index in [9.17, 15) is 27.1 Å². The Bertz CT molecular complexity index is 667. The summed E-state index contributed by atoms with van der Waals surface area (Å²) >= 11 is 0. The molecule has 1 unspecified atom stereocenters. The van der Waals surface area contributed by atoms with Gasteiger partial charge in [-0.05, 0) is 18.6 Å². The van der Waals surface area contributed by atoms with Crippen LogP contribution in [-0.4, -0.2) is 5.11 Å². The molecule has 0 aliphatic heterocycles. The highest BCUT2D eigenvalue weighted by molar-refractivity contribution is 5.34. The number of hydrogen-bond acceptors (Lipinski definition) is 1. The third-order valence-electron chi connectivity index (χ3n) is 2.93. The van der Waals surface area contributed by atoms with Crippen molar-refractivity contribution in [2.75, 3.05) is 0 Å². The van der Waals surface area contributed by atoms with Crippen molar-refractivity contribution in [2.24, 2.45) is 0 Å². The molecule has 0 aliphatic rings. The SMILES string of the molecule is Cc1ccc(C(O)c2cc(F)c(F)cc2F)c(F)c1F. The van der Waals surface area contributed by atoms with Gasteiger partial charge in [0.2, 0.25) is 0 Å². The highest BCUT2D eigenvalue weighted by Crippen LogP contribution is 2.29. The Hall–Kier alpha value is -1.95. The summed E-state index contributed by atoms with van der Waals surface area (Å²) in [4.78, 5) is 0. The summed E-state index contributed by atoms with van der Waals surface area (Å²) in [7, 11) is 0. The molecule has 0 fully saturated rings. The minimum Gasteiger partial charge on any atom is -0.383 e. The minimum absolute atomic E-state index is 0.00390. The molecule has 0 amide bonds. The van der Waals surface area contributed by atoms with Crippen molar-refractivity contribution in [3.63, 3.8) is 0 Å². The zero-order valence-corrected chi connectivity index (χ0v) is 10.2. The van der Waals surface area contributed by atoms with Gasteiger partial charge in [-0.2, -0.15) is 0 Å². The van der Waals surface area contributed by atoms with Crippen molar-refractivity contribution in [1.29, 1.82) is 0 Å². The van der Waals surface area contributed by atoms with Gasteiger partial charge in [-0.1, -0.05) is 12.1 Å². The van der Waals surface area contributed by atoms with E-state index in [1.54, 1.807) is 0 Å². The Kier molecular flexibility index (Phi) is 3.76. The van der Waals surface area contributed by atoms with Crippen molar-refractivity contribution in [3.8, 4) is 0 Å². The minimum atomic E-state index is -1.94. The highest BCUT2D eigenvalue weighted by atomic mass is 19.2. The van der Waals surface area contributed by atoms with Crippen LogP contribution in [0.1, 0.15) is 22.8 Å². The second-order valence-corrected chi connectivity index (χ2v) is 4.29. The van der Waals surface area contributed by atoms with Gasteiger partial charge < -0.3 is 5.11 Å². The molecule has 1 N–H and O–H groups in total. The highest BCUT2D eigenvalue weighted by Gasteiger charge is 2.23. The van der Waals surface area contributed by atoms with E-state index in [4.69, 9.17) is 0 Å². The van der Waals surface area contributed by atoms with E-state index in [0.29, 0.717) is 6.07 Å². The second kappa shape index (κ2) is 5.20. The summed E-state index contributed by atoms with van der Waals surface area (Å²) < 4.78 is 66.4. The summed E-state index contributed by atoms with van der Waals surface area (Å²) in [6.45, 7) is 1.31. The Morgan fingerprint density at radius 2 is 1.40 bits per heavy atom. The third kappa shape index (κ3) is 2.38. The van der Waals surface area contributed by atoms with E-state index in [-0.39, 0.29) is 11.6 Å². The molecular weight excluding hydrogens is 279 g/mol. The molecule has 2 aromatic rings. The first-order valence-corrected chi connectivity index (χ1v) is 5.60. The molecule has 1 atom stereocenters. The topological polar surface area (TPSA) is 20.2 Å². The predicted molar refractivity (Wildman–Crippen MR) is 61.5 cm³/mol. The van der Waals surface area contributed by atoms with E-state index in [1.807, 2.05) is 0 Å². The maximum atomic E-state index is 13.7. The Labute approximate surface area is 111 Å². The van der Waals surface area contributed by atoms with Crippen LogP contribution in [0.3, 0.4) is 0 Å². The molecule has 0 saturated heterocycles. The number of rotatable bonds is 2. The predicted octanol–water partition coefficient (Wildman–Crippen LogP) is 3.77. The van der Waals surface area contributed by atoms with Crippen molar-refractivity contribution >= 4 is 0 Å². The average Bonchev–Trinajstić information content (AvgIpc) is 2.40. The molecule has 0 bridgehead atoms. The second-order valence-electron chi connectivity index (χ2n) is 4.29. The van der Waals surface area contributed by atoms with Gasteiger partial charge >= 0.3 is 0 Å². The number of halogens is 5. The molecule has 0 saturated carbocycles. The molecule has 0 radical (unpaired) electrons. The van der Waals surface area contributed by atoms with Crippen LogP contribution in [0.2, 0.25) is 0 Å². The molecule has 2 aromatic carbocycles. The number of benzene rings is 2. The zero-order valence-electron chi connectivity index (χ0n) is 10.2. The monoisotopic (exact) mass is 288 g/mol. The van der Waals surface area contributed by atoms with Crippen LogP contribution in [0.4, 0.5) is 22.0 Å². The van der Waals surface area contributed by atoms with E-state index in [0.717, 1.165) is 6.07 Å². The van der Waals surface area contributed by atoms with Gasteiger partial charge in [0.05, 0.1) is 0 Å². The van der Waals surface area contributed by atoms with Gasteiger partial charge in [-0.25, -0.2) is 22.0 Å². The summed E-state index contributed by atoms with van der Waals surface area (Å²) in [5.41, 5.74) is -1.23.